The lowest BCUT2D eigenvalue weighted by atomic mass is 9.44. The Morgan fingerprint density at radius 2 is 1.84 bits per heavy atom. The molecule has 25 heavy (non-hydrogen) atoms. The molecule has 0 saturated heterocycles. The Morgan fingerprint density at radius 1 is 1.12 bits per heavy atom. The van der Waals surface area contributed by atoms with Gasteiger partial charge in [-0.2, -0.15) is 0 Å². The van der Waals surface area contributed by atoms with Crippen molar-refractivity contribution in [2.24, 2.45) is 40.4 Å². The van der Waals surface area contributed by atoms with Gasteiger partial charge in [0.1, 0.15) is 5.78 Å². The second kappa shape index (κ2) is 5.79. The molecule has 0 aliphatic heterocycles. The lowest BCUT2D eigenvalue weighted by Crippen LogP contribution is -2.58. The minimum Gasteiger partial charge on any atom is -0.387 e. The fourth-order valence-electron chi connectivity index (χ4n) is 7.99. The Labute approximate surface area is 152 Å². The summed E-state index contributed by atoms with van der Waals surface area (Å²) in [7, 11) is 1.72. The number of methoxy groups -OCH3 is 1. The van der Waals surface area contributed by atoms with Crippen LogP contribution in [0.2, 0.25) is 0 Å². The maximum atomic E-state index is 12.3. The Morgan fingerprint density at radius 3 is 2.56 bits per heavy atom. The highest BCUT2D eigenvalue weighted by molar-refractivity contribution is 5.82. The minimum absolute atomic E-state index is 0.00345. The van der Waals surface area contributed by atoms with Crippen LogP contribution in [-0.4, -0.2) is 30.2 Å². The van der Waals surface area contributed by atoms with Crippen molar-refractivity contribution in [1.82, 2.24) is 0 Å². The number of Topliss-reactive ketones (excluding diaryl/α,β-unsaturated/α-hetero) is 1. The average molecular weight is 349 g/mol. The van der Waals surface area contributed by atoms with Crippen molar-refractivity contribution in [3.63, 3.8) is 0 Å². The summed E-state index contributed by atoms with van der Waals surface area (Å²) in [6, 6.07) is 0. The molecule has 0 bridgehead atoms. The van der Waals surface area contributed by atoms with Crippen molar-refractivity contribution in [2.75, 3.05) is 13.7 Å². The van der Waals surface area contributed by atoms with Gasteiger partial charge >= 0.3 is 0 Å². The van der Waals surface area contributed by atoms with E-state index in [9.17, 15) is 9.90 Å². The second-order valence-corrected chi connectivity index (χ2v) is 10.4. The van der Waals surface area contributed by atoms with Crippen LogP contribution in [0.4, 0.5) is 0 Å². The number of hydrogen-bond donors (Lipinski definition) is 1. The first-order valence-corrected chi connectivity index (χ1v) is 10.5. The van der Waals surface area contributed by atoms with Gasteiger partial charge < -0.3 is 9.84 Å². The summed E-state index contributed by atoms with van der Waals surface area (Å²) in [5.74, 6) is 3.42. The predicted octanol–water partition coefficient (Wildman–Crippen LogP) is 4.22. The van der Waals surface area contributed by atoms with E-state index < -0.39 is 5.60 Å². The summed E-state index contributed by atoms with van der Waals surface area (Å²) in [5.41, 5.74) is -0.312. The highest BCUT2D eigenvalue weighted by Gasteiger charge is 2.64. The van der Waals surface area contributed by atoms with Crippen LogP contribution in [-0.2, 0) is 9.53 Å². The van der Waals surface area contributed by atoms with Gasteiger partial charge in [0.2, 0.25) is 0 Å². The molecule has 3 nitrogen and oxygen atoms in total. The third-order valence-electron chi connectivity index (χ3n) is 9.51. The van der Waals surface area contributed by atoms with Crippen molar-refractivity contribution in [3.05, 3.63) is 0 Å². The van der Waals surface area contributed by atoms with Gasteiger partial charge in [0.15, 0.2) is 0 Å². The Balaban J connectivity index is 1.63. The molecule has 4 aliphatic carbocycles. The van der Waals surface area contributed by atoms with Crippen molar-refractivity contribution in [3.8, 4) is 0 Å². The highest BCUT2D eigenvalue weighted by atomic mass is 16.5. The summed E-state index contributed by atoms with van der Waals surface area (Å²) < 4.78 is 5.42. The summed E-state index contributed by atoms with van der Waals surface area (Å²) in [4.78, 5) is 12.3. The van der Waals surface area contributed by atoms with E-state index in [2.05, 4.69) is 20.8 Å². The SMILES string of the molecule is COC[C@@]1(O)CC[C@@H]2[C@H]3CC[C@@H]4CC(=O)[C@@H](C)C[C@]4(C)[C@@H]3CC[C@@]21C. The van der Waals surface area contributed by atoms with Gasteiger partial charge in [-0.3, -0.25) is 4.79 Å². The summed E-state index contributed by atoms with van der Waals surface area (Å²) in [5, 5.41) is 11.3. The quantitative estimate of drug-likeness (QED) is 0.812. The first-order valence-electron chi connectivity index (χ1n) is 10.5. The highest BCUT2D eigenvalue weighted by Crippen LogP contribution is 2.68. The van der Waals surface area contributed by atoms with Crippen LogP contribution in [0.15, 0.2) is 0 Å². The third kappa shape index (κ3) is 2.34. The van der Waals surface area contributed by atoms with E-state index in [4.69, 9.17) is 4.74 Å². The van der Waals surface area contributed by atoms with Crippen LogP contribution in [0.25, 0.3) is 0 Å². The Hall–Kier alpha value is -0.410. The molecule has 0 spiro atoms. The molecule has 4 aliphatic rings. The predicted molar refractivity (Wildman–Crippen MR) is 98.1 cm³/mol. The molecule has 142 valence electrons. The normalized spacial score (nSPS) is 55.4. The van der Waals surface area contributed by atoms with Gasteiger partial charge in [-0.05, 0) is 74.0 Å². The van der Waals surface area contributed by atoms with E-state index in [1.165, 1.54) is 19.3 Å². The van der Waals surface area contributed by atoms with E-state index in [-0.39, 0.29) is 11.3 Å². The molecule has 8 atom stereocenters. The molecule has 4 fully saturated rings. The van der Waals surface area contributed by atoms with Gasteiger partial charge in [0.05, 0.1) is 12.2 Å². The standard InChI is InChI=1S/C22H36O3/c1-14-12-20(2)15(11-19(14)23)5-6-16-17(20)7-9-21(3)18(16)8-10-22(21,24)13-25-4/h14-18,24H,5-13H2,1-4H3/t14-,15+,16-,17+,18+,20-,21-,22-/m0/s1. The number of fused-ring (bicyclic) bond motifs is 5. The molecule has 0 aromatic heterocycles. The zero-order chi connectivity index (χ0) is 18.0. The number of ketones is 1. The smallest absolute Gasteiger partial charge is 0.136 e. The fourth-order valence-corrected chi connectivity index (χ4v) is 7.99. The number of carbonyl (C=O) groups excluding carboxylic acids is 1. The number of carbonyl (C=O) groups is 1. The van der Waals surface area contributed by atoms with Crippen molar-refractivity contribution in [2.45, 2.75) is 77.7 Å². The van der Waals surface area contributed by atoms with E-state index in [0.717, 1.165) is 43.9 Å². The lowest BCUT2D eigenvalue weighted by Gasteiger charge is -2.61. The van der Waals surface area contributed by atoms with Gasteiger partial charge in [0, 0.05) is 24.9 Å². The van der Waals surface area contributed by atoms with Crippen molar-refractivity contribution >= 4 is 5.78 Å². The van der Waals surface area contributed by atoms with Crippen LogP contribution in [0.1, 0.15) is 72.1 Å². The first-order chi connectivity index (χ1) is 11.7. The Kier molecular flexibility index (Phi) is 4.16. The zero-order valence-electron chi connectivity index (χ0n) is 16.5. The topological polar surface area (TPSA) is 46.5 Å². The summed E-state index contributed by atoms with van der Waals surface area (Å²) >= 11 is 0. The number of hydrogen-bond acceptors (Lipinski definition) is 3. The summed E-state index contributed by atoms with van der Waals surface area (Å²) in [6.07, 6.45) is 8.75. The van der Waals surface area contributed by atoms with Gasteiger partial charge in [-0.15, -0.1) is 0 Å². The van der Waals surface area contributed by atoms with E-state index in [1.807, 2.05) is 0 Å². The van der Waals surface area contributed by atoms with Crippen molar-refractivity contribution < 1.29 is 14.6 Å². The molecule has 4 rings (SSSR count). The largest absolute Gasteiger partial charge is 0.387 e. The Bertz CT molecular complexity index is 559. The molecule has 1 N–H and O–H groups in total. The van der Waals surface area contributed by atoms with Crippen molar-refractivity contribution in [1.29, 1.82) is 0 Å². The lowest BCUT2D eigenvalue weighted by molar-refractivity contribution is -0.172. The molecule has 0 heterocycles. The number of ether oxygens (including phenoxy) is 1. The van der Waals surface area contributed by atoms with Crippen LogP contribution >= 0.6 is 0 Å². The molecule has 0 aromatic carbocycles. The van der Waals surface area contributed by atoms with Crippen LogP contribution < -0.4 is 0 Å². The van der Waals surface area contributed by atoms with Crippen LogP contribution in [0.3, 0.4) is 0 Å². The molecule has 4 saturated carbocycles. The van der Waals surface area contributed by atoms with Gasteiger partial charge in [-0.1, -0.05) is 20.8 Å². The molecule has 0 aromatic rings. The zero-order valence-corrected chi connectivity index (χ0v) is 16.5. The maximum Gasteiger partial charge on any atom is 0.136 e. The molecule has 0 amide bonds. The first kappa shape index (κ1) is 18.0. The minimum atomic E-state index is -0.648. The third-order valence-corrected chi connectivity index (χ3v) is 9.51. The number of aliphatic hydroxyl groups is 1. The van der Waals surface area contributed by atoms with Gasteiger partial charge in [-0.25, -0.2) is 0 Å². The molecule has 0 radical (unpaired) electrons. The molecular formula is C22H36O3. The van der Waals surface area contributed by atoms with E-state index in [0.29, 0.717) is 29.6 Å². The van der Waals surface area contributed by atoms with Crippen LogP contribution in [0.5, 0.6) is 0 Å². The van der Waals surface area contributed by atoms with Gasteiger partial charge in [0.25, 0.3) is 0 Å². The molecule has 0 unspecified atom stereocenters. The monoisotopic (exact) mass is 348 g/mol. The second-order valence-electron chi connectivity index (χ2n) is 10.4. The molecule has 3 heteroatoms. The average Bonchev–Trinajstić information content (AvgIpc) is 2.81. The number of rotatable bonds is 2. The maximum absolute atomic E-state index is 12.3. The van der Waals surface area contributed by atoms with E-state index in [1.54, 1.807) is 7.11 Å². The molecular weight excluding hydrogens is 312 g/mol. The fraction of sp³-hybridized carbons (Fsp3) is 0.955. The summed E-state index contributed by atoms with van der Waals surface area (Å²) in [6.45, 7) is 7.45. The van der Waals surface area contributed by atoms with E-state index >= 15 is 0 Å². The van der Waals surface area contributed by atoms with Crippen LogP contribution in [0, 0.1) is 40.4 Å².